The van der Waals surface area contributed by atoms with Crippen LogP contribution in [0.4, 0.5) is 0 Å². The van der Waals surface area contributed by atoms with Crippen molar-refractivity contribution >= 4 is 18.3 Å². The fourth-order valence-electron chi connectivity index (χ4n) is 2.39. The minimum atomic E-state index is -0.0411. The summed E-state index contributed by atoms with van der Waals surface area (Å²) in [6, 6.07) is 8.47. The molecule has 0 aliphatic carbocycles. The molecular formula is C15H23ClN2O2. The molecule has 1 saturated heterocycles. The maximum atomic E-state index is 11.8. The lowest BCUT2D eigenvalue weighted by Crippen LogP contribution is -2.47. The molecule has 1 fully saturated rings. The van der Waals surface area contributed by atoms with E-state index in [9.17, 15) is 4.79 Å². The van der Waals surface area contributed by atoms with Gasteiger partial charge in [-0.25, -0.2) is 0 Å². The fraction of sp³-hybridized carbons (Fsp3) is 0.533. The molecule has 5 heteroatoms. The van der Waals surface area contributed by atoms with Crippen LogP contribution in [-0.4, -0.2) is 31.1 Å². The second kappa shape index (κ2) is 8.12. The van der Waals surface area contributed by atoms with E-state index >= 15 is 0 Å². The lowest BCUT2D eigenvalue weighted by atomic mass is 10.0. The molecule has 1 amide bonds. The summed E-state index contributed by atoms with van der Waals surface area (Å²) in [6.45, 7) is 5.19. The molecule has 1 aliphatic heterocycles. The number of hydrogen-bond acceptors (Lipinski definition) is 3. The zero-order valence-electron chi connectivity index (χ0n) is 12.0. The summed E-state index contributed by atoms with van der Waals surface area (Å²) in [5, 5.41) is 6.40. The van der Waals surface area contributed by atoms with Crippen LogP contribution < -0.4 is 15.4 Å². The maximum absolute atomic E-state index is 11.8. The van der Waals surface area contributed by atoms with Gasteiger partial charge in [-0.1, -0.05) is 12.1 Å². The van der Waals surface area contributed by atoms with E-state index in [0.29, 0.717) is 6.04 Å². The molecule has 0 aromatic heterocycles. The number of amides is 1. The largest absolute Gasteiger partial charge is 0.484 e. The number of carbonyl (C=O) groups excluding carboxylic acids is 1. The van der Waals surface area contributed by atoms with E-state index in [1.807, 2.05) is 31.2 Å². The number of ether oxygens (including phenoxy) is 1. The molecular weight excluding hydrogens is 276 g/mol. The molecule has 1 aliphatic rings. The smallest absolute Gasteiger partial charge is 0.258 e. The Morgan fingerprint density at radius 3 is 3.00 bits per heavy atom. The van der Waals surface area contributed by atoms with Gasteiger partial charge < -0.3 is 15.4 Å². The highest BCUT2D eigenvalue weighted by Gasteiger charge is 2.19. The lowest BCUT2D eigenvalue weighted by molar-refractivity contribution is -0.124. The van der Waals surface area contributed by atoms with Gasteiger partial charge >= 0.3 is 0 Å². The summed E-state index contributed by atoms with van der Waals surface area (Å²) in [4.78, 5) is 11.8. The molecule has 0 bridgehead atoms. The molecule has 2 atom stereocenters. The number of aryl methyl sites for hydroxylation is 1. The normalized spacial score (nSPS) is 21.7. The molecule has 2 unspecified atom stereocenters. The quantitative estimate of drug-likeness (QED) is 0.894. The summed E-state index contributed by atoms with van der Waals surface area (Å²) in [7, 11) is 0. The fourth-order valence-corrected chi connectivity index (χ4v) is 2.39. The average molecular weight is 299 g/mol. The van der Waals surface area contributed by atoms with Crippen LogP contribution >= 0.6 is 12.4 Å². The SMILES string of the molecule is Cc1cccc(OCC(=O)NC2CCNC(C)C2)c1.Cl. The Hall–Kier alpha value is -1.26. The van der Waals surface area contributed by atoms with Crippen molar-refractivity contribution in [3.05, 3.63) is 29.8 Å². The van der Waals surface area contributed by atoms with Crippen molar-refractivity contribution in [2.75, 3.05) is 13.2 Å². The van der Waals surface area contributed by atoms with Gasteiger partial charge in [0.05, 0.1) is 0 Å². The summed E-state index contributed by atoms with van der Waals surface area (Å²) >= 11 is 0. The Balaban J connectivity index is 0.00000200. The van der Waals surface area contributed by atoms with Crippen LogP contribution in [0.5, 0.6) is 5.75 Å². The highest BCUT2D eigenvalue weighted by Crippen LogP contribution is 2.12. The molecule has 1 aromatic carbocycles. The van der Waals surface area contributed by atoms with Gasteiger partial charge in [0.2, 0.25) is 0 Å². The third-order valence-electron chi connectivity index (χ3n) is 3.35. The molecule has 0 spiro atoms. The minimum absolute atomic E-state index is 0. The molecule has 112 valence electrons. The highest BCUT2D eigenvalue weighted by atomic mass is 35.5. The average Bonchev–Trinajstić information content (AvgIpc) is 2.36. The van der Waals surface area contributed by atoms with Crippen molar-refractivity contribution in [2.45, 2.75) is 38.8 Å². The number of carbonyl (C=O) groups is 1. The van der Waals surface area contributed by atoms with Crippen LogP contribution in [0, 0.1) is 6.92 Å². The van der Waals surface area contributed by atoms with E-state index in [1.165, 1.54) is 0 Å². The number of nitrogens with one attached hydrogen (secondary N) is 2. The lowest BCUT2D eigenvalue weighted by Gasteiger charge is -2.28. The van der Waals surface area contributed by atoms with Crippen LogP contribution in [-0.2, 0) is 4.79 Å². The predicted molar refractivity (Wildman–Crippen MR) is 82.6 cm³/mol. The van der Waals surface area contributed by atoms with Crippen molar-refractivity contribution < 1.29 is 9.53 Å². The minimum Gasteiger partial charge on any atom is -0.484 e. The third kappa shape index (κ3) is 5.39. The van der Waals surface area contributed by atoms with Gasteiger partial charge in [0, 0.05) is 12.1 Å². The molecule has 0 saturated carbocycles. The van der Waals surface area contributed by atoms with Crippen LogP contribution in [0.15, 0.2) is 24.3 Å². The van der Waals surface area contributed by atoms with E-state index in [4.69, 9.17) is 4.74 Å². The van der Waals surface area contributed by atoms with E-state index in [0.717, 1.165) is 30.7 Å². The van der Waals surface area contributed by atoms with Crippen molar-refractivity contribution in [1.29, 1.82) is 0 Å². The van der Waals surface area contributed by atoms with Gasteiger partial charge in [0.25, 0.3) is 5.91 Å². The second-order valence-electron chi connectivity index (χ2n) is 5.25. The first-order valence-corrected chi connectivity index (χ1v) is 6.85. The number of hydrogen-bond donors (Lipinski definition) is 2. The Morgan fingerprint density at radius 2 is 2.30 bits per heavy atom. The summed E-state index contributed by atoms with van der Waals surface area (Å²) < 4.78 is 5.49. The van der Waals surface area contributed by atoms with Gasteiger partial charge in [-0.2, -0.15) is 0 Å². The first kappa shape index (κ1) is 16.8. The predicted octanol–water partition coefficient (Wildman–Crippen LogP) is 2.05. The zero-order valence-corrected chi connectivity index (χ0v) is 12.8. The van der Waals surface area contributed by atoms with E-state index in [-0.39, 0.29) is 31.0 Å². The van der Waals surface area contributed by atoms with E-state index in [1.54, 1.807) is 0 Å². The zero-order chi connectivity index (χ0) is 13.7. The standard InChI is InChI=1S/C15H22N2O2.ClH/c1-11-4-3-5-14(8-11)19-10-15(18)17-13-6-7-16-12(2)9-13;/h3-5,8,12-13,16H,6-7,9-10H2,1-2H3,(H,17,18);1H. The first-order valence-electron chi connectivity index (χ1n) is 6.85. The third-order valence-corrected chi connectivity index (χ3v) is 3.35. The Kier molecular flexibility index (Phi) is 6.82. The summed E-state index contributed by atoms with van der Waals surface area (Å²) in [5.41, 5.74) is 1.13. The molecule has 0 radical (unpaired) electrons. The van der Waals surface area contributed by atoms with Crippen molar-refractivity contribution in [1.82, 2.24) is 10.6 Å². The van der Waals surface area contributed by atoms with Gasteiger partial charge in [0.15, 0.2) is 6.61 Å². The van der Waals surface area contributed by atoms with Crippen LogP contribution in [0.25, 0.3) is 0 Å². The number of halogens is 1. The van der Waals surface area contributed by atoms with E-state index < -0.39 is 0 Å². The molecule has 1 heterocycles. The molecule has 4 nitrogen and oxygen atoms in total. The van der Waals surface area contributed by atoms with Gasteiger partial charge in [-0.15, -0.1) is 12.4 Å². The highest BCUT2D eigenvalue weighted by molar-refractivity contribution is 5.85. The van der Waals surface area contributed by atoms with Crippen molar-refractivity contribution in [2.24, 2.45) is 0 Å². The van der Waals surface area contributed by atoms with E-state index in [2.05, 4.69) is 17.6 Å². The summed E-state index contributed by atoms with van der Waals surface area (Å²) in [5.74, 6) is 0.703. The number of benzene rings is 1. The monoisotopic (exact) mass is 298 g/mol. The maximum Gasteiger partial charge on any atom is 0.258 e. The van der Waals surface area contributed by atoms with Gasteiger partial charge in [0.1, 0.15) is 5.75 Å². The van der Waals surface area contributed by atoms with Crippen molar-refractivity contribution in [3.63, 3.8) is 0 Å². The van der Waals surface area contributed by atoms with Gasteiger partial charge in [-0.05, 0) is 50.9 Å². The van der Waals surface area contributed by atoms with Crippen LogP contribution in [0.1, 0.15) is 25.3 Å². The Labute approximate surface area is 126 Å². The molecule has 1 aromatic rings. The Bertz CT molecular complexity index is 440. The summed E-state index contributed by atoms with van der Waals surface area (Å²) in [6.07, 6.45) is 1.97. The Morgan fingerprint density at radius 1 is 1.50 bits per heavy atom. The van der Waals surface area contributed by atoms with Gasteiger partial charge in [-0.3, -0.25) is 4.79 Å². The van der Waals surface area contributed by atoms with Crippen LogP contribution in [0.2, 0.25) is 0 Å². The second-order valence-corrected chi connectivity index (χ2v) is 5.25. The molecule has 2 N–H and O–H groups in total. The molecule has 2 rings (SSSR count). The van der Waals surface area contributed by atoms with Crippen LogP contribution in [0.3, 0.4) is 0 Å². The number of rotatable bonds is 4. The number of piperidine rings is 1. The first-order chi connectivity index (χ1) is 9.13. The topological polar surface area (TPSA) is 50.4 Å². The van der Waals surface area contributed by atoms with Crippen molar-refractivity contribution in [3.8, 4) is 5.75 Å². The molecule has 20 heavy (non-hydrogen) atoms.